The third-order valence-corrected chi connectivity index (χ3v) is 3.66. The van der Waals surface area contributed by atoms with Gasteiger partial charge in [0.05, 0.1) is 0 Å². The lowest BCUT2D eigenvalue weighted by Gasteiger charge is -2.07. The van der Waals surface area contributed by atoms with E-state index < -0.39 is 0 Å². The fourth-order valence-corrected chi connectivity index (χ4v) is 2.30. The summed E-state index contributed by atoms with van der Waals surface area (Å²) in [6.07, 6.45) is 4.27. The van der Waals surface area contributed by atoms with E-state index in [1.807, 2.05) is 42.5 Å². The van der Waals surface area contributed by atoms with Gasteiger partial charge in [-0.25, -0.2) is 0 Å². The molecule has 0 spiro atoms. The summed E-state index contributed by atoms with van der Waals surface area (Å²) in [6, 6.07) is 17.3. The monoisotopic (exact) mass is 333 g/mol. The second-order valence-electron chi connectivity index (χ2n) is 5.50. The summed E-state index contributed by atoms with van der Waals surface area (Å²) in [4.78, 5) is 16.1. The molecule has 0 fully saturated rings. The standard InChI is InChI=1S/C19H19N5O/c25-19(21-13-10-15-4-2-1-3-5-15)17-6-7-18(24-23-17)22-14-16-8-11-20-12-9-16/h1-9,11-12H,10,13-14H2,(H,21,25)(H,22,24). The van der Waals surface area contributed by atoms with Gasteiger partial charge in [-0.3, -0.25) is 9.78 Å². The van der Waals surface area contributed by atoms with E-state index in [1.165, 1.54) is 5.56 Å². The highest BCUT2D eigenvalue weighted by Crippen LogP contribution is 2.05. The van der Waals surface area contributed by atoms with Crippen LogP contribution >= 0.6 is 0 Å². The summed E-state index contributed by atoms with van der Waals surface area (Å²) in [7, 11) is 0. The zero-order valence-electron chi connectivity index (χ0n) is 13.7. The third-order valence-electron chi connectivity index (χ3n) is 3.66. The lowest BCUT2D eigenvalue weighted by atomic mass is 10.1. The highest BCUT2D eigenvalue weighted by molar-refractivity contribution is 5.92. The first-order chi connectivity index (χ1) is 12.3. The minimum Gasteiger partial charge on any atom is -0.365 e. The fraction of sp³-hybridized carbons (Fsp3) is 0.158. The van der Waals surface area contributed by atoms with Crippen LogP contribution in [0.25, 0.3) is 0 Å². The number of aromatic nitrogens is 3. The molecular weight excluding hydrogens is 314 g/mol. The van der Waals surface area contributed by atoms with Crippen molar-refractivity contribution in [2.24, 2.45) is 0 Å². The van der Waals surface area contributed by atoms with E-state index in [0.717, 1.165) is 12.0 Å². The molecule has 0 saturated carbocycles. The molecule has 0 atom stereocenters. The highest BCUT2D eigenvalue weighted by Gasteiger charge is 2.07. The summed E-state index contributed by atoms with van der Waals surface area (Å²) in [5.74, 6) is 0.404. The van der Waals surface area contributed by atoms with Crippen LogP contribution in [0.5, 0.6) is 0 Å². The Bertz CT molecular complexity index is 791. The maximum absolute atomic E-state index is 12.1. The first kappa shape index (κ1) is 16.6. The Kier molecular flexibility index (Phi) is 5.66. The SMILES string of the molecule is O=C(NCCc1ccccc1)c1ccc(NCc2ccncc2)nn1. The first-order valence-corrected chi connectivity index (χ1v) is 8.10. The predicted octanol–water partition coefficient (Wildman–Crippen LogP) is 2.46. The van der Waals surface area contributed by atoms with Crippen LogP contribution in [0.4, 0.5) is 5.82 Å². The van der Waals surface area contributed by atoms with Gasteiger partial charge in [0.2, 0.25) is 0 Å². The normalized spacial score (nSPS) is 10.2. The van der Waals surface area contributed by atoms with E-state index in [-0.39, 0.29) is 5.91 Å². The number of carbonyl (C=O) groups excluding carboxylic acids is 1. The van der Waals surface area contributed by atoms with E-state index >= 15 is 0 Å². The Morgan fingerprint density at radius 3 is 2.40 bits per heavy atom. The fourth-order valence-electron chi connectivity index (χ4n) is 2.30. The molecule has 0 aliphatic heterocycles. The molecule has 3 aromatic rings. The second-order valence-corrected chi connectivity index (χ2v) is 5.50. The Morgan fingerprint density at radius 2 is 1.68 bits per heavy atom. The van der Waals surface area contributed by atoms with Crippen LogP contribution in [0, 0.1) is 0 Å². The van der Waals surface area contributed by atoms with Gasteiger partial charge >= 0.3 is 0 Å². The Labute approximate surface area is 146 Å². The molecule has 0 unspecified atom stereocenters. The van der Waals surface area contributed by atoms with Gasteiger partial charge in [0, 0.05) is 25.5 Å². The number of amides is 1. The van der Waals surface area contributed by atoms with Gasteiger partial charge in [0.1, 0.15) is 5.82 Å². The van der Waals surface area contributed by atoms with E-state index in [1.54, 1.807) is 24.5 Å². The van der Waals surface area contributed by atoms with Crippen molar-refractivity contribution in [3.8, 4) is 0 Å². The quantitative estimate of drug-likeness (QED) is 0.694. The molecule has 6 heteroatoms. The zero-order valence-corrected chi connectivity index (χ0v) is 13.7. The molecule has 0 aliphatic carbocycles. The second kappa shape index (κ2) is 8.54. The Morgan fingerprint density at radius 1 is 0.880 bits per heavy atom. The molecule has 0 aliphatic rings. The first-order valence-electron chi connectivity index (χ1n) is 8.10. The van der Waals surface area contributed by atoms with Crippen molar-refractivity contribution < 1.29 is 4.79 Å². The van der Waals surface area contributed by atoms with Crippen LogP contribution in [-0.4, -0.2) is 27.6 Å². The van der Waals surface area contributed by atoms with E-state index in [0.29, 0.717) is 24.6 Å². The molecule has 1 aromatic carbocycles. The number of hydrogen-bond donors (Lipinski definition) is 2. The number of nitrogens with one attached hydrogen (secondary N) is 2. The van der Waals surface area contributed by atoms with Gasteiger partial charge in [-0.15, -0.1) is 10.2 Å². The van der Waals surface area contributed by atoms with Gasteiger partial charge < -0.3 is 10.6 Å². The highest BCUT2D eigenvalue weighted by atomic mass is 16.1. The molecule has 2 aromatic heterocycles. The van der Waals surface area contributed by atoms with Crippen LogP contribution in [0.2, 0.25) is 0 Å². The summed E-state index contributed by atoms with van der Waals surface area (Å²) in [5, 5.41) is 14.0. The predicted molar refractivity (Wildman–Crippen MR) is 96.1 cm³/mol. The smallest absolute Gasteiger partial charge is 0.271 e. The molecule has 0 radical (unpaired) electrons. The maximum atomic E-state index is 12.1. The lowest BCUT2D eigenvalue weighted by Crippen LogP contribution is -2.26. The van der Waals surface area contributed by atoms with Crippen molar-refractivity contribution in [2.75, 3.05) is 11.9 Å². The van der Waals surface area contributed by atoms with Crippen molar-refractivity contribution in [1.82, 2.24) is 20.5 Å². The summed E-state index contributed by atoms with van der Waals surface area (Å²) < 4.78 is 0. The number of pyridine rings is 1. The molecule has 3 rings (SSSR count). The maximum Gasteiger partial charge on any atom is 0.271 e. The van der Waals surface area contributed by atoms with Gasteiger partial charge in [-0.1, -0.05) is 30.3 Å². The van der Waals surface area contributed by atoms with Crippen molar-refractivity contribution in [2.45, 2.75) is 13.0 Å². The Balaban J connectivity index is 1.47. The zero-order chi connectivity index (χ0) is 17.3. The van der Waals surface area contributed by atoms with Gasteiger partial charge in [0.25, 0.3) is 5.91 Å². The molecule has 0 bridgehead atoms. The average Bonchev–Trinajstić information content (AvgIpc) is 2.68. The minimum absolute atomic E-state index is 0.218. The minimum atomic E-state index is -0.218. The van der Waals surface area contributed by atoms with Gasteiger partial charge in [-0.05, 0) is 41.8 Å². The van der Waals surface area contributed by atoms with Crippen molar-refractivity contribution >= 4 is 11.7 Å². The van der Waals surface area contributed by atoms with E-state index in [4.69, 9.17) is 0 Å². The molecule has 126 valence electrons. The molecule has 25 heavy (non-hydrogen) atoms. The molecule has 2 N–H and O–H groups in total. The van der Waals surface area contributed by atoms with Crippen molar-refractivity contribution in [1.29, 1.82) is 0 Å². The number of hydrogen-bond acceptors (Lipinski definition) is 5. The number of nitrogens with zero attached hydrogens (tertiary/aromatic N) is 3. The van der Waals surface area contributed by atoms with Crippen LogP contribution in [-0.2, 0) is 13.0 Å². The van der Waals surface area contributed by atoms with Crippen molar-refractivity contribution in [3.63, 3.8) is 0 Å². The summed E-state index contributed by atoms with van der Waals surface area (Å²) >= 11 is 0. The number of carbonyl (C=O) groups is 1. The summed E-state index contributed by atoms with van der Waals surface area (Å²) in [5.41, 5.74) is 2.59. The average molecular weight is 333 g/mol. The van der Waals surface area contributed by atoms with E-state index in [9.17, 15) is 4.79 Å². The van der Waals surface area contributed by atoms with Crippen LogP contribution in [0.3, 0.4) is 0 Å². The molecule has 0 saturated heterocycles. The van der Waals surface area contributed by atoms with Crippen LogP contribution in [0.15, 0.2) is 67.0 Å². The number of rotatable bonds is 7. The molecular formula is C19H19N5O. The van der Waals surface area contributed by atoms with Gasteiger partial charge in [0.15, 0.2) is 5.69 Å². The number of anilines is 1. The van der Waals surface area contributed by atoms with Crippen LogP contribution in [0.1, 0.15) is 21.6 Å². The third kappa shape index (κ3) is 5.10. The largest absolute Gasteiger partial charge is 0.365 e. The number of benzene rings is 1. The van der Waals surface area contributed by atoms with E-state index in [2.05, 4.69) is 25.8 Å². The lowest BCUT2D eigenvalue weighted by molar-refractivity contribution is 0.0948. The Hall–Kier alpha value is -3.28. The molecule has 6 nitrogen and oxygen atoms in total. The van der Waals surface area contributed by atoms with Gasteiger partial charge in [-0.2, -0.15) is 0 Å². The topological polar surface area (TPSA) is 79.8 Å². The molecule has 1 amide bonds. The molecule has 2 heterocycles. The summed E-state index contributed by atoms with van der Waals surface area (Å²) in [6.45, 7) is 1.19. The van der Waals surface area contributed by atoms with Crippen LogP contribution < -0.4 is 10.6 Å². The van der Waals surface area contributed by atoms with Crippen molar-refractivity contribution in [3.05, 3.63) is 83.8 Å².